The van der Waals surface area contributed by atoms with Gasteiger partial charge in [0.05, 0.1) is 13.2 Å². The lowest BCUT2D eigenvalue weighted by atomic mass is 9.78. The molecule has 1 amide bonds. The molecular formula is C42H73NO4. The maximum Gasteiger partial charge on any atom is 0.306 e. The third-order valence-electron chi connectivity index (χ3n) is 8.95. The maximum absolute atomic E-state index is 12.6. The Morgan fingerprint density at radius 1 is 0.681 bits per heavy atom. The third-order valence-corrected chi connectivity index (χ3v) is 8.95. The normalized spacial score (nSPS) is 11.8. The summed E-state index contributed by atoms with van der Waals surface area (Å²) in [6.07, 6.45) is 25.4. The van der Waals surface area contributed by atoms with E-state index in [1.807, 2.05) is 0 Å². The van der Waals surface area contributed by atoms with E-state index in [2.05, 4.69) is 72.5 Å². The van der Waals surface area contributed by atoms with E-state index in [0.717, 1.165) is 37.0 Å². The summed E-state index contributed by atoms with van der Waals surface area (Å²) in [6, 6.07) is 4.44. The van der Waals surface area contributed by atoms with E-state index in [4.69, 9.17) is 9.47 Å². The Balaban J connectivity index is 2.39. The lowest BCUT2D eigenvalue weighted by Gasteiger charge is -2.31. The maximum atomic E-state index is 12.6. The third kappa shape index (κ3) is 20.6. The highest BCUT2D eigenvalue weighted by atomic mass is 16.5. The molecule has 270 valence electrons. The molecular weight excluding hydrogens is 582 g/mol. The molecule has 5 nitrogen and oxygen atoms in total. The lowest BCUT2D eigenvalue weighted by Crippen LogP contribution is -2.23. The van der Waals surface area contributed by atoms with Gasteiger partial charge in [0.25, 0.3) is 0 Å². The van der Waals surface area contributed by atoms with E-state index in [9.17, 15) is 9.59 Å². The first kappa shape index (κ1) is 42.7. The van der Waals surface area contributed by atoms with Crippen molar-refractivity contribution in [3.63, 3.8) is 0 Å². The van der Waals surface area contributed by atoms with Crippen LogP contribution >= 0.6 is 0 Å². The van der Waals surface area contributed by atoms with Crippen LogP contribution in [0.5, 0.6) is 5.75 Å². The van der Waals surface area contributed by atoms with E-state index in [1.165, 1.54) is 107 Å². The van der Waals surface area contributed by atoms with Gasteiger partial charge in [-0.05, 0) is 48.2 Å². The van der Waals surface area contributed by atoms with Crippen molar-refractivity contribution >= 4 is 11.9 Å². The van der Waals surface area contributed by atoms with Gasteiger partial charge in [-0.25, -0.2) is 0 Å². The predicted octanol–water partition coefficient (Wildman–Crippen LogP) is 11.5. The molecule has 0 saturated heterocycles. The Hall–Kier alpha value is -2.30. The minimum Gasteiger partial charge on any atom is -0.493 e. The summed E-state index contributed by atoms with van der Waals surface area (Å²) in [6.45, 7) is 20.8. The van der Waals surface area contributed by atoms with Crippen molar-refractivity contribution in [1.29, 1.82) is 0 Å². The van der Waals surface area contributed by atoms with Gasteiger partial charge in [-0.2, -0.15) is 0 Å². The molecule has 5 heteroatoms. The first-order valence-electron chi connectivity index (χ1n) is 19.3. The molecule has 0 fully saturated rings. The van der Waals surface area contributed by atoms with E-state index in [0.29, 0.717) is 32.6 Å². The number of benzene rings is 1. The summed E-state index contributed by atoms with van der Waals surface area (Å²) in [5, 5.41) is 2.82. The average molecular weight is 656 g/mol. The van der Waals surface area contributed by atoms with Crippen LogP contribution in [0.2, 0.25) is 0 Å². The molecule has 47 heavy (non-hydrogen) atoms. The van der Waals surface area contributed by atoms with Gasteiger partial charge in [0.15, 0.2) is 0 Å². The van der Waals surface area contributed by atoms with Crippen molar-refractivity contribution < 1.29 is 19.1 Å². The molecule has 1 aromatic carbocycles. The van der Waals surface area contributed by atoms with Gasteiger partial charge < -0.3 is 14.8 Å². The zero-order valence-electron chi connectivity index (χ0n) is 31.8. The van der Waals surface area contributed by atoms with Gasteiger partial charge in [0.2, 0.25) is 5.91 Å². The van der Waals surface area contributed by atoms with E-state index >= 15 is 0 Å². The van der Waals surface area contributed by atoms with Crippen molar-refractivity contribution in [2.24, 2.45) is 0 Å². The number of amides is 1. The Bertz CT molecular complexity index is 966. The molecule has 0 atom stereocenters. The number of hydrogen-bond acceptors (Lipinski definition) is 4. The van der Waals surface area contributed by atoms with Crippen molar-refractivity contribution in [3.05, 3.63) is 41.5 Å². The predicted molar refractivity (Wildman–Crippen MR) is 201 cm³/mol. The number of carbonyl (C=O) groups is 2. The van der Waals surface area contributed by atoms with Crippen LogP contribution in [-0.4, -0.2) is 31.6 Å². The zero-order chi connectivity index (χ0) is 35.0. The summed E-state index contributed by atoms with van der Waals surface area (Å²) in [5.74, 6) is 0.704. The highest BCUT2D eigenvalue weighted by Crippen LogP contribution is 2.41. The summed E-state index contributed by atoms with van der Waals surface area (Å²) in [5.41, 5.74) is 3.26. The molecule has 0 radical (unpaired) electrons. The molecule has 0 aliphatic heterocycles. The minimum atomic E-state index is -0.143. The van der Waals surface area contributed by atoms with E-state index in [1.54, 1.807) is 0 Å². The van der Waals surface area contributed by atoms with Crippen molar-refractivity contribution in [1.82, 2.24) is 5.32 Å². The molecule has 0 aromatic heterocycles. The van der Waals surface area contributed by atoms with Gasteiger partial charge in [0, 0.05) is 24.1 Å². The monoisotopic (exact) mass is 656 g/mol. The van der Waals surface area contributed by atoms with E-state index in [-0.39, 0.29) is 22.7 Å². The quantitative estimate of drug-likeness (QED) is 0.0582. The van der Waals surface area contributed by atoms with Crippen LogP contribution in [0, 0.1) is 0 Å². The molecule has 0 unspecified atom stereocenters. The topological polar surface area (TPSA) is 64.6 Å². The molecule has 0 heterocycles. The smallest absolute Gasteiger partial charge is 0.306 e. The second-order valence-electron chi connectivity index (χ2n) is 15.6. The number of unbranched alkanes of at least 4 members (excludes halogenated alkanes) is 16. The fraction of sp³-hybridized carbons (Fsp3) is 0.762. The van der Waals surface area contributed by atoms with Crippen molar-refractivity contribution in [2.45, 2.75) is 188 Å². The molecule has 0 saturated carbocycles. The number of aryl methyl sites for hydroxylation is 1. The first-order chi connectivity index (χ1) is 22.4. The number of esters is 1. The van der Waals surface area contributed by atoms with Crippen LogP contribution in [0.15, 0.2) is 24.8 Å². The Kier molecular flexibility index (Phi) is 22.5. The standard InChI is InChI=1S/C42H73NO4/c1-9-11-12-13-14-15-16-17-18-19-20-21-22-23-24-26-31-46-39(45)29-28-35-33-36(41(3,4)5)40(37(34-35)42(6,7)8)47-32-27-25-30-43-38(44)10-2/h10,33-34H,2,9,11-32H2,1,3-8H3,(H,43,44). The molecule has 0 bridgehead atoms. The Labute approximate surface area is 290 Å². The fourth-order valence-electron chi connectivity index (χ4n) is 5.94. The molecule has 1 aromatic rings. The molecule has 0 spiro atoms. The number of nitrogens with one attached hydrogen (secondary N) is 1. The van der Waals surface area contributed by atoms with Gasteiger partial charge in [0.1, 0.15) is 5.75 Å². The van der Waals surface area contributed by atoms with Gasteiger partial charge in [-0.3, -0.25) is 9.59 Å². The molecule has 1 N–H and O–H groups in total. The summed E-state index contributed by atoms with van der Waals surface area (Å²) in [4.78, 5) is 24.0. The van der Waals surface area contributed by atoms with Crippen LogP contribution in [0.4, 0.5) is 0 Å². The average Bonchev–Trinajstić information content (AvgIpc) is 3.02. The largest absolute Gasteiger partial charge is 0.493 e. The van der Waals surface area contributed by atoms with Gasteiger partial charge >= 0.3 is 5.97 Å². The SMILES string of the molecule is C=CC(=O)NCCCCOc1c(C(C)(C)C)cc(CCC(=O)OCCCCCCCCCCCCCCCCCC)cc1C(C)(C)C. The lowest BCUT2D eigenvalue weighted by molar-refractivity contribution is -0.143. The van der Waals surface area contributed by atoms with E-state index < -0.39 is 0 Å². The summed E-state index contributed by atoms with van der Waals surface area (Å²) < 4.78 is 12.1. The highest BCUT2D eigenvalue weighted by molar-refractivity contribution is 5.86. The number of carbonyl (C=O) groups excluding carboxylic acids is 2. The molecule has 0 aliphatic carbocycles. The van der Waals surface area contributed by atoms with Crippen molar-refractivity contribution in [3.8, 4) is 5.75 Å². The minimum absolute atomic E-state index is 0.107. The number of hydrogen-bond donors (Lipinski definition) is 1. The van der Waals surface area contributed by atoms with Crippen LogP contribution in [-0.2, 0) is 31.6 Å². The van der Waals surface area contributed by atoms with Crippen LogP contribution in [0.25, 0.3) is 0 Å². The Morgan fingerprint density at radius 3 is 1.57 bits per heavy atom. The fourth-order valence-corrected chi connectivity index (χ4v) is 5.94. The molecule has 1 rings (SSSR count). The van der Waals surface area contributed by atoms with Gasteiger partial charge in [-0.15, -0.1) is 0 Å². The number of rotatable bonds is 27. The van der Waals surface area contributed by atoms with Crippen LogP contribution in [0.3, 0.4) is 0 Å². The second-order valence-corrected chi connectivity index (χ2v) is 15.6. The van der Waals surface area contributed by atoms with Crippen molar-refractivity contribution in [2.75, 3.05) is 19.8 Å². The van der Waals surface area contributed by atoms with Crippen LogP contribution < -0.4 is 10.1 Å². The summed E-state index contributed by atoms with van der Waals surface area (Å²) >= 11 is 0. The highest BCUT2D eigenvalue weighted by Gasteiger charge is 2.28. The Morgan fingerprint density at radius 2 is 1.13 bits per heavy atom. The summed E-state index contributed by atoms with van der Waals surface area (Å²) in [7, 11) is 0. The first-order valence-corrected chi connectivity index (χ1v) is 19.3. The zero-order valence-corrected chi connectivity index (χ0v) is 31.8. The molecule has 0 aliphatic rings. The number of ether oxygens (including phenoxy) is 2. The van der Waals surface area contributed by atoms with Crippen LogP contribution in [0.1, 0.15) is 187 Å². The second kappa shape index (κ2) is 24.8. The van der Waals surface area contributed by atoms with Gasteiger partial charge in [-0.1, -0.05) is 163 Å².